The van der Waals surface area contributed by atoms with Gasteiger partial charge in [0.25, 0.3) is 0 Å². The predicted octanol–water partition coefficient (Wildman–Crippen LogP) is 2.56. The molecular formula is C18H21N3O4S2. The first-order valence-corrected chi connectivity index (χ1v) is 11.9. The molecule has 0 amide bonds. The van der Waals surface area contributed by atoms with E-state index in [-0.39, 0.29) is 5.75 Å². The number of sulfonamides is 2. The molecule has 144 valence electrons. The number of nitrogens with one attached hydrogen (secondary N) is 1. The molecule has 0 spiro atoms. The van der Waals surface area contributed by atoms with Gasteiger partial charge in [0.15, 0.2) is 0 Å². The minimum Gasteiger partial charge on any atom is -0.284 e. The minimum atomic E-state index is -3.52. The van der Waals surface area contributed by atoms with Crippen LogP contribution >= 0.6 is 0 Å². The van der Waals surface area contributed by atoms with Crippen LogP contribution in [0.25, 0.3) is 0 Å². The molecule has 3 rings (SSSR count). The van der Waals surface area contributed by atoms with Crippen molar-refractivity contribution in [2.24, 2.45) is 5.10 Å². The standard InChI is InChI=1S/C18H21N3O4S2/c1-3-27(24,25)20-16-11-9-14(10-12-16)17-13-18(15-7-5-4-6-8-15)21(19-17)26(2,22)23/h4-12,18,20H,3,13H2,1-2H3/t18-/m0/s1. The van der Waals surface area contributed by atoms with Gasteiger partial charge in [0.05, 0.1) is 23.8 Å². The zero-order valence-corrected chi connectivity index (χ0v) is 16.7. The summed E-state index contributed by atoms with van der Waals surface area (Å²) in [5.74, 6) is -0.0104. The van der Waals surface area contributed by atoms with Crippen molar-refractivity contribution in [2.75, 3.05) is 16.7 Å². The Labute approximate surface area is 159 Å². The van der Waals surface area contributed by atoms with Gasteiger partial charge in [-0.25, -0.2) is 16.8 Å². The maximum absolute atomic E-state index is 12.2. The second kappa shape index (κ2) is 7.32. The van der Waals surface area contributed by atoms with Crippen molar-refractivity contribution in [3.8, 4) is 0 Å². The number of hydrogen-bond donors (Lipinski definition) is 1. The van der Waals surface area contributed by atoms with Gasteiger partial charge in [-0.15, -0.1) is 0 Å². The van der Waals surface area contributed by atoms with Gasteiger partial charge in [-0.3, -0.25) is 4.72 Å². The Morgan fingerprint density at radius 1 is 1.04 bits per heavy atom. The second-order valence-electron chi connectivity index (χ2n) is 6.30. The van der Waals surface area contributed by atoms with E-state index in [1.807, 2.05) is 30.3 Å². The van der Waals surface area contributed by atoms with Crippen LogP contribution < -0.4 is 4.72 Å². The summed E-state index contributed by atoms with van der Waals surface area (Å²) in [6.45, 7) is 1.56. The second-order valence-corrected chi connectivity index (χ2v) is 10.1. The van der Waals surface area contributed by atoms with Gasteiger partial charge < -0.3 is 0 Å². The fourth-order valence-corrected chi connectivity index (χ4v) is 4.42. The summed E-state index contributed by atoms with van der Waals surface area (Å²) in [7, 11) is -6.87. The molecule has 1 atom stereocenters. The Morgan fingerprint density at radius 2 is 1.67 bits per heavy atom. The Kier molecular flexibility index (Phi) is 5.25. The van der Waals surface area contributed by atoms with Crippen LogP contribution in [-0.4, -0.2) is 39.0 Å². The van der Waals surface area contributed by atoms with Crippen molar-refractivity contribution in [1.29, 1.82) is 0 Å². The van der Waals surface area contributed by atoms with Gasteiger partial charge in [-0.05, 0) is 30.2 Å². The van der Waals surface area contributed by atoms with E-state index in [2.05, 4.69) is 9.82 Å². The van der Waals surface area contributed by atoms with E-state index in [1.54, 1.807) is 31.2 Å². The van der Waals surface area contributed by atoms with Crippen LogP contribution in [-0.2, 0) is 20.0 Å². The molecule has 0 saturated heterocycles. The van der Waals surface area contributed by atoms with Crippen LogP contribution in [0, 0.1) is 0 Å². The van der Waals surface area contributed by atoms with E-state index in [0.717, 1.165) is 21.8 Å². The van der Waals surface area contributed by atoms with Crippen LogP contribution in [0.15, 0.2) is 59.7 Å². The maximum Gasteiger partial charge on any atom is 0.247 e. The highest BCUT2D eigenvalue weighted by Gasteiger charge is 2.34. The van der Waals surface area contributed by atoms with Gasteiger partial charge in [0.2, 0.25) is 20.0 Å². The molecule has 2 aromatic rings. The lowest BCUT2D eigenvalue weighted by atomic mass is 9.99. The molecule has 1 aliphatic heterocycles. The zero-order chi connectivity index (χ0) is 19.7. The van der Waals surface area contributed by atoms with Crippen LogP contribution in [0.3, 0.4) is 0 Å². The average molecular weight is 408 g/mol. The fraction of sp³-hybridized carbons (Fsp3) is 0.278. The largest absolute Gasteiger partial charge is 0.284 e. The molecule has 0 unspecified atom stereocenters. The third kappa shape index (κ3) is 4.48. The summed E-state index contributed by atoms with van der Waals surface area (Å²) in [5, 5.41) is 4.33. The fourth-order valence-electron chi connectivity index (χ4n) is 2.87. The van der Waals surface area contributed by atoms with E-state index in [0.29, 0.717) is 17.8 Å². The molecule has 0 fully saturated rings. The number of anilines is 1. The first kappa shape index (κ1) is 19.4. The van der Waals surface area contributed by atoms with Crippen molar-refractivity contribution in [2.45, 2.75) is 19.4 Å². The van der Waals surface area contributed by atoms with Gasteiger partial charge in [0, 0.05) is 12.1 Å². The van der Waals surface area contributed by atoms with Gasteiger partial charge >= 0.3 is 0 Å². The Bertz CT molecular complexity index is 1050. The number of hydrogen-bond acceptors (Lipinski definition) is 5. The summed E-state index contributed by atoms with van der Waals surface area (Å²) in [6.07, 6.45) is 1.58. The molecule has 2 aromatic carbocycles. The van der Waals surface area contributed by atoms with Crippen LogP contribution in [0.5, 0.6) is 0 Å². The Balaban J connectivity index is 1.88. The lowest BCUT2D eigenvalue weighted by Crippen LogP contribution is -2.25. The molecule has 0 radical (unpaired) electrons. The van der Waals surface area contributed by atoms with Gasteiger partial charge in [-0.2, -0.15) is 9.52 Å². The summed E-state index contributed by atoms with van der Waals surface area (Å²) in [6, 6.07) is 15.7. The smallest absolute Gasteiger partial charge is 0.247 e. The third-order valence-corrected chi connectivity index (χ3v) is 6.59. The molecule has 0 aromatic heterocycles. The number of rotatable bonds is 6. The quantitative estimate of drug-likeness (QED) is 0.796. The van der Waals surface area contributed by atoms with E-state index >= 15 is 0 Å². The number of nitrogens with zero attached hydrogens (tertiary/aromatic N) is 2. The van der Waals surface area contributed by atoms with Gasteiger partial charge in [-0.1, -0.05) is 42.5 Å². The van der Waals surface area contributed by atoms with Crippen molar-refractivity contribution in [3.63, 3.8) is 0 Å². The topological polar surface area (TPSA) is 95.9 Å². The van der Waals surface area contributed by atoms with Gasteiger partial charge in [0.1, 0.15) is 0 Å². The molecule has 0 saturated carbocycles. The van der Waals surface area contributed by atoms with E-state index in [9.17, 15) is 16.8 Å². The molecule has 1 aliphatic rings. The first-order chi connectivity index (χ1) is 12.7. The first-order valence-electron chi connectivity index (χ1n) is 8.42. The van der Waals surface area contributed by atoms with Crippen LogP contribution in [0.1, 0.15) is 30.5 Å². The van der Waals surface area contributed by atoms with Crippen LogP contribution in [0.4, 0.5) is 5.69 Å². The van der Waals surface area contributed by atoms with Crippen molar-refractivity contribution in [3.05, 3.63) is 65.7 Å². The molecule has 27 heavy (non-hydrogen) atoms. The monoisotopic (exact) mass is 407 g/mol. The number of benzene rings is 2. The SMILES string of the molecule is CCS(=O)(=O)Nc1ccc(C2=NN(S(C)(=O)=O)[C@H](c3ccccc3)C2)cc1. The lowest BCUT2D eigenvalue weighted by molar-refractivity contribution is 0.375. The van der Waals surface area contributed by atoms with E-state index in [4.69, 9.17) is 0 Å². The lowest BCUT2D eigenvalue weighted by Gasteiger charge is -2.21. The predicted molar refractivity (Wildman–Crippen MR) is 107 cm³/mol. The van der Waals surface area contributed by atoms with E-state index in [1.165, 1.54) is 0 Å². The zero-order valence-electron chi connectivity index (χ0n) is 15.0. The van der Waals surface area contributed by atoms with Crippen LogP contribution in [0.2, 0.25) is 0 Å². The molecule has 0 aliphatic carbocycles. The highest BCUT2D eigenvalue weighted by atomic mass is 32.2. The highest BCUT2D eigenvalue weighted by Crippen LogP contribution is 2.34. The molecule has 7 nitrogen and oxygen atoms in total. The van der Waals surface area contributed by atoms with E-state index < -0.39 is 26.1 Å². The van der Waals surface area contributed by atoms with Crippen molar-refractivity contribution < 1.29 is 16.8 Å². The molecule has 1 N–H and O–H groups in total. The van der Waals surface area contributed by atoms with Crippen molar-refractivity contribution in [1.82, 2.24) is 4.41 Å². The highest BCUT2D eigenvalue weighted by molar-refractivity contribution is 7.92. The Hall–Kier alpha value is -2.39. The summed E-state index contributed by atoms with van der Waals surface area (Å²) >= 11 is 0. The normalized spacial score (nSPS) is 17.6. The summed E-state index contributed by atoms with van der Waals surface area (Å²) in [5.41, 5.74) is 2.72. The van der Waals surface area contributed by atoms with Crippen molar-refractivity contribution >= 4 is 31.4 Å². The Morgan fingerprint density at radius 3 is 2.22 bits per heavy atom. The minimum absolute atomic E-state index is 0.0104. The molecule has 9 heteroatoms. The average Bonchev–Trinajstić information content (AvgIpc) is 3.09. The molecule has 1 heterocycles. The summed E-state index contributed by atoms with van der Waals surface area (Å²) in [4.78, 5) is 0. The number of hydrazone groups is 1. The molecule has 0 bridgehead atoms. The summed E-state index contributed by atoms with van der Waals surface area (Å²) < 4.78 is 51.3. The maximum atomic E-state index is 12.2. The third-order valence-electron chi connectivity index (χ3n) is 4.27. The molecular weight excluding hydrogens is 386 g/mol.